The molecule has 0 saturated carbocycles. The number of aryl methyl sites for hydroxylation is 1. The molecule has 8 heteroatoms. The molecule has 1 fully saturated rings. The summed E-state index contributed by atoms with van der Waals surface area (Å²) in [6.07, 6.45) is 0. The van der Waals surface area contributed by atoms with Gasteiger partial charge in [0.2, 0.25) is 0 Å². The van der Waals surface area contributed by atoms with Gasteiger partial charge in [0, 0.05) is 26.2 Å². The van der Waals surface area contributed by atoms with E-state index in [-0.39, 0.29) is 12.4 Å². The van der Waals surface area contributed by atoms with Crippen LogP contribution in [0.4, 0.5) is 0 Å². The number of thiophene rings is 1. The van der Waals surface area contributed by atoms with Gasteiger partial charge in [-0.25, -0.2) is 8.42 Å². The molecule has 1 N–H and O–H groups in total. The Morgan fingerprint density at radius 2 is 2.00 bits per heavy atom. The second-order valence-corrected chi connectivity index (χ2v) is 7.50. The van der Waals surface area contributed by atoms with Gasteiger partial charge >= 0.3 is 0 Å². The van der Waals surface area contributed by atoms with E-state index in [1.54, 1.807) is 6.07 Å². The summed E-state index contributed by atoms with van der Waals surface area (Å²) in [5, 5.41) is 3.13. The van der Waals surface area contributed by atoms with E-state index in [0.29, 0.717) is 34.7 Å². The molecule has 0 atom stereocenters. The number of nitrogens with zero attached hydrogens (tertiary/aromatic N) is 1. The van der Waals surface area contributed by atoms with Crippen molar-refractivity contribution in [2.75, 3.05) is 26.2 Å². The van der Waals surface area contributed by atoms with Crippen LogP contribution in [-0.2, 0) is 10.0 Å². The number of sulfonamides is 1. The van der Waals surface area contributed by atoms with E-state index >= 15 is 0 Å². The van der Waals surface area contributed by atoms with Crippen molar-refractivity contribution >= 4 is 45.4 Å². The normalized spacial score (nSPS) is 17.8. The van der Waals surface area contributed by atoms with Gasteiger partial charge < -0.3 is 5.32 Å². The Morgan fingerprint density at radius 1 is 1.41 bits per heavy atom. The van der Waals surface area contributed by atoms with Crippen molar-refractivity contribution in [2.45, 2.75) is 11.1 Å². The molecule has 4 nitrogen and oxygen atoms in total. The van der Waals surface area contributed by atoms with Gasteiger partial charge in [0.1, 0.15) is 4.21 Å². The van der Waals surface area contributed by atoms with E-state index in [4.69, 9.17) is 11.6 Å². The SMILES string of the molecule is Cc1cc(S(=O)(=O)N2CCNCC2)sc1Cl.Cl. The largest absolute Gasteiger partial charge is 0.314 e. The summed E-state index contributed by atoms with van der Waals surface area (Å²) in [5.41, 5.74) is 0.820. The molecule has 0 unspecified atom stereocenters. The summed E-state index contributed by atoms with van der Waals surface area (Å²) in [7, 11) is -3.34. The average molecular weight is 317 g/mol. The Morgan fingerprint density at radius 3 is 2.47 bits per heavy atom. The zero-order valence-corrected chi connectivity index (χ0v) is 12.5. The minimum atomic E-state index is -3.34. The Bertz CT molecular complexity index is 462. The molecule has 0 aromatic carbocycles. The van der Waals surface area contributed by atoms with E-state index in [0.717, 1.165) is 16.9 Å². The first-order valence-electron chi connectivity index (χ1n) is 4.98. The first-order chi connectivity index (χ1) is 7.51. The van der Waals surface area contributed by atoms with E-state index in [1.807, 2.05) is 6.92 Å². The molecule has 2 heterocycles. The van der Waals surface area contributed by atoms with Crippen molar-refractivity contribution in [1.29, 1.82) is 0 Å². The fourth-order valence-corrected chi connectivity index (χ4v) is 4.88. The van der Waals surface area contributed by atoms with Crippen LogP contribution >= 0.6 is 35.3 Å². The predicted molar refractivity (Wildman–Crippen MR) is 72.9 cm³/mol. The Hall–Kier alpha value is 0.150. The highest BCUT2D eigenvalue weighted by molar-refractivity contribution is 7.91. The second kappa shape index (κ2) is 5.86. The average Bonchev–Trinajstić information content (AvgIpc) is 2.61. The second-order valence-electron chi connectivity index (χ2n) is 3.68. The van der Waals surface area contributed by atoms with Gasteiger partial charge in [-0.1, -0.05) is 11.6 Å². The van der Waals surface area contributed by atoms with Gasteiger partial charge in [-0.3, -0.25) is 0 Å². The lowest BCUT2D eigenvalue weighted by molar-refractivity contribution is 0.361. The molecule has 1 aliphatic rings. The lowest BCUT2D eigenvalue weighted by Gasteiger charge is -2.25. The quantitative estimate of drug-likeness (QED) is 0.904. The van der Waals surface area contributed by atoms with Crippen LogP contribution in [0.25, 0.3) is 0 Å². The smallest absolute Gasteiger partial charge is 0.252 e. The molecule has 2 rings (SSSR count). The minimum Gasteiger partial charge on any atom is -0.314 e. The monoisotopic (exact) mass is 316 g/mol. The van der Waals surface area contributed by atoms with Crippen molar-refractivity contribution in [3.8, 4) is 0 Å². The number of rotatable bonds is 2. The maximum Gasteiger partial charge on any atom is 0.252 e. The standard InChI is InChI=1S/C9H13ClN2O2S2.ClH/c1-7-6-8(15-9(7)10)16(13,14)12-4-2-11-3-5-12;/h6,11H,2-5H2,1H3;1H. The highest BCUT2D eigenvalue weighted by Gasteiger charge is 2.27. The van der Waals surface area contributed by atoms with Gasteiger partial charge in [-0.2, -0.15) is 4.31 Å². The molecule has 0 radical (unpaired) electrons. The number of piperazine rings is 1. The van der Waals surface area contributed by atoms with Crippen molar-refractivity contribution in [3.63, 3.8) is 0 Å². The number of nitrogens with one attached hydrogen (secondary N) is 1. The van der Waals surface area contributed by atoms with Crippen molar-refractivity contribution in [2.24, 2.45) is 0 Å². The van der Waals surface area contributed by atoms with E-state index in [1.165, 1.54) is 4.31 Å². The fraction of sp³-hybridized carbons (Fsp3) is 0.556. The zero-order valence-electron chi connectivity index (χ0n) is 9.27. The van der Waals surface area contributed by atoms with Crippen LogP contribution in [0.5, 0.6) is 0 Å². The molecule has 1 aromatic rings. The van der Waals surface area contributed by atoms with Crippen LogP contribution in [0.15, 0.2) is 10.3 Å². The Kier molecular flexibility index (Phi) is 5.24. The van der Waals surface area contributed by atoms with Gasteiger partial charge in [0.05, 0.1) is 4.34 Å². The zero-order chi connectivity index (χ0) is 11.8. The number of hydrogen-bond acceptors (Lipinski definition) is 4. The van der Waals surface area contributed by atoms with Crippen molar-refractivity contribution < 1.29 is 8.42 Å². The molecule has 1 saturated heterocycles. The first kappa shape index (κ1) is 15.2. The molecule has 98 valence electrons. The topological polar surface area (TPSA) is 49.4 Å². The summed E-state index contributed by atoms with van der Waals surface area (Å²) >= 11 is 7.03. The van der Waals surface area contributed by atoms with Gasteiger partial charge in [0.25, 0.3) is 10.0 Å². The highest BCUT2D eigenvalue weighted by Crippen LogP contribution is 2.31. The van der Waals surface area contributed by atoms with E-state index in [9.17, 15) is 8.42 Å². The molecule has 17 heavy (non-hydrogen) atoms. The first-order valence-corrected chi connectivity index (χ1v) is 7.62. The maximum absolute atomic E-state index is 12.2. The number of halogens is 2. The van der Waals surface area contributed by atoms with Gasteiger partial charge in [-0.15, -0.1) is 23.7 Å². The summed E-state index contributed by atoms with van der Waals surface area (Å²) in [6.45, 7) is 4.28. The van der Waals surface area contributed by atoms with E-state index in [2.05, 4.69) is 5.32 Å². The molecular weight excluding hydrogens is 303 g/mol. The molecule has 0 amide bonds. The van der Waals surface area contributed by atoms with Crippen molar-refractivity contribution in [1.82, 2.24) is 9.62 Å². The molecular formula is C9H14Cl2N2O2S2. The van der Waals surface area contributed by atoms with Crippen molar-refractivity contribution in [3.05, 3.63) is 16.0 Å². The predicted octanol–water partition coefficient (Wildman–Crippen LogP) is 1.73. The van der Waals surface area contributed by atoms with Crippen LogP contribution in [0.3, 0.4) is 0 Å². The van der Waals surface area contributed by atoms with Gasteiger partial charge in [-0.05, 0) is 18.6 Å². The summed E-state index contributed by atoms with van der Waals surface area (Å²) in [4.78, 5) is 0. The Balaban J connectivity index is 0.00000144. The fourth-order valence-electron chi connectivity index (χ4n) is 1.57. The van der Waals surface area contributed by atoms with E-state index < -0.39 is 10.0 Å². The third-order valence-corrected chi connectivity index (χ3v) is 6.41. The van der Waals surface area contributed by atoms with Gasteiger partial charge in [0.15, 0.2) is 0 Å². The highest BCUT2D eigenvalue weighted by atomic mass is 35.5. The van der Waals surface area contributed by atoms with Crippen LogP contribution in [0, 0.1) is 6.92 Å². The summed E-state index contributed by atoms with van der Waals surface area (Å²) < 4.78 is 26.8. The maximum atomic E-state index is 12.2. The molecule has 0 aliphatic carbocycles. The lowest BCUT2D eigenvalue weighted by atomic mass is 10.4. The van der Waals surface area contributed by atoms with Crippen LogP contribution in [0.2, 0.25) is 4.34 Å². The molecule has 0 bridgehead atoms. The third kappa shape index (κ3) is 3.13. The van der Waals surface area contributed by atoms with Crippen LogP contribution in [-0.4, -0.2) is 38.9 Å². The molecule has 1 aromatic heterocycles. The molecule has 0 spiro atoms. The minimum absolute atomic E-state index is 0. The Labute approximate surface area is 116 Å². The summed E-state index contributed by atoms with van der Waals surface area (Å²) in [5.74, 6) is 0. The van der Waals surface area contributed by atoms with Crippen LogP contribution < -0.4 is 5.32 Å². The third-order valence-electron chi connectivity index (χ3n) is 2.50. The number of hydrogen-bond donors (Lipinski definition) is 1. The van der Waals surface area contributed by atoms with Crippen LogP contribution in [0.1, 0.15) is 5.56 Å². The molecule has 1 aliphatic heterocycles. The summed E-state index contributed by atoms with van der Waals surface area (Å²) in [6, 6.07) is 1.64. The lowest BCUT2D eigenvalue weighted by Crippen LogP contribution is -2.46.